The average molecular weight is 289 g/mol. The number of hydrogen-bond acceptors (Lipinski definition) is 2. The molecule has 1 aromatic rings. The molecule has 0 radical (unpaired) electrons. The fraction of sp³-hybridized carbons (Fsp3) is 0.500. The van der Waals surface area contributed by atoms with Gasteiger partial charge in [-0.3, -0.25) is 0 Å². The van der Waals surface area contributed by atoms with Crippen molar-refractivity contribution in [1.29, 1.82) is 0 Å². The van der Waals surface area contributed by atoms with Crippen LogP contribution in [-0.2, 0) is 6.42 Å². The van der Waals surface area contributed by atoms with Gasteiger partial charge in [-0.15, -0.1) is 0 Å². The van der Waals surface area contributed by atoms with Crippen LogP contribution in [0.25, 0.3) is 0 Å². The Kier molecular flexibility index (Phi) is 5.72. The van der Waals surface area contributed by atoms with Crippen LogP contribution < -0.4 is 0 Å². The number of hydrogen-bond donors (Lipinski definition) is 1. The summed E-state index contributed by atoms with van der Waals surface area (Å²) in [6, 6.07) is 8.11. The van der Waals surface area contributed by atoms with Crippen molar-refractivity contribution >= 4 is 27.7 Å². The average Bonchev–Trinajstić information content (AvgIpc) is 2.15. The molecule has 84 valence electrons. The van der Waals surface area contributed by atoms with Gasteiger partial charge in [0.15, 0.2) is 0 Å². The Morgan fingerprint density at radius 2 is 2.13 bits per heavy atom. The van der Waals surface area contributed by atoms with Crippen molar-refractivity contribution in [2.24, 2.45) is 0 Å². The van der Waals surface area contributed by atoms with Crippen LogP contribution >= 0.6 is 27.7 Å². The molecule has 0 fully saturated rings. The fourth-order valence-electron chi connectivity index (χ4n) is 1.30. The highest BCUT2D eigenvalue weighted by Gasteiger charge is 2.07. The van der Waals surface area contributed by atoms with Gasteiger partial charge in [0, 0.05) is 10.2 Å². The van der Waals surface area contributed by atoms with Gasteiger partial charge in [0.1, 0.15) is 0 Å². The van der Waals surface area contributed by atoms with Crippen molar-refractivity contribution in [3.05, 3.63) is 34.3 Å². The van der Waals surface area contributed by atoms with Gasteiger partial charge in [0.05, 0.1) is 6.10 Å². The summed E-state index contributed by atoms with van der Waals surface area (Å²) < 4.78 is 1.07. The van der Waals surface area contributed by atoms with E-state index in [2.05, 4.69) is 35.8 Å². The molecular weight excluding hydrogens is 272 g/mol. The normalized spacial score (nSPS) is 13.1. The number of aliphatic hydroxyl groups excluding tert-OH is 1. The van der Waals surface area contributed by atoms with Gasteiger partial charge in [-0.1, -0.05) is 41.9 Å². The third-order valence-electron chi connectivity index (χ3n) is 1.98. The molecule has 0 aliphatic rings. The van der Waals surface area contributed by atoms with Crippen LogP contribution in [0.15, 0.2) is 28.7 Å². The maximum Gasteiger partial charge on any atom is 0.0670 e. The minimum Gasteiger partial charge on any atom is -0.392 e. The Morgan fingerprint density at radius 1 is 1.40 bits per heavy atom. The first kappa shape index (κ1) is 13.1. The zero-order valence-corrected chi connectivity index (χ0v) is 11.5. The highest BCUT2D eigenvalue weighted by atomic mass is 79.9. The van der Waals surface area contributed by atoms with E-state index in [4.69, 9.17) is 0 Å². The van der Waals surface area contributed by atoms with Gasteiger partial charge in [0.25, 0.3) is 0 Å². The Balaban J connectivity index is 2.40. The van der Waals surface area contributed by atoms with Crippen molar-refractivity contribution in [3.63, 3.8) is 0 Å². The zero-order valence-electron chi connectivity index (χ0n) is 9.11. The SMILES string of the molecule is CC(C)SCC(O)Cc1cccc(Br)c1. The summed E-state index contributed by atoms with van der Waals surface area (Å²) in [5.74, 6) is 0.810. The van der Waals surface area contributed by atoms with E-state index in [1.807, 2.05) is 18.2 Å². The van der Waals surface area contributed by atoms with E-state index in [9.17, 15) is 5.11 Å². The van der Waals surface area contributed by atoms with Crippen LogP contribution in [-0.4, -0.2) is 22.2 Å². The van der Waals surface area contributed by atoms with Gasteiger partial charge >= 0.3 is 0 Å². The summed E-state index contributed by atoms with van der Waals surface area (Å²) in [5.41, 5.74) is 1.18. The van der Waals surface area contributed by atoms with Crippen LogP contribution in [0.2, 0.25) is 0 Å². The molecule has 0 aliphatic carbocycles. The molecular formula is C12H17BrOS. The van der Waals surface area contributed by atoms with E-state index < -0.39 is 0 Å². The van der Waals surface area contributed by atoms with Crippen molar-refractivity contribution in [1.82, 2.24) is 0 Å². The van der Waals surface area contributed by atoms with Crippen molar-refractivity contribution < 1.29 is 5.11 Å². The molecule has 3 heteroatoms. The third-order valence-corrected chi connectivity index (χ3v) is 3.72. The lowest BCUT2D eigenvalue weighted by Crippen LogP contribution is -2.14. The monoisotopic (exact) mass is 288 g/mol. The van der Waals surface area contributed by atoms with Gasteiger partial charge in [0.2, 0.25) is 0 Å². The highest BCUT2D eigenvalue weighted by molar-refractivity contribution is 9.10. The first-order chi connectivity index (χ1) is 7.08. The molecule has 0 bridgehead atoms. The molecule has 1 nitrogen and oxygen atoms in total. The van der Waals surface area contributed by atoms with E-state index in [1.54, 1.807) is 11.8 Å². The Bertz CT molecular complexity index is 301. The summed E-state index contributed by atoms with van der Waals surface area (Å²) in [7, 11) is 0. The first-order valence-corrected chi connectivity index (χ1v) is 6.96. The number of rotatable bonds is 5. The Labute approximate surface area is 104 Å². The zero-order chi connectivity index (χ0) is 11.3. The molecule has 1 aromatic carbocycles. The molecule has 0 saturated heterocycles. The van der Waals surface area contributed by atoms with Gasteiger partial charge in [-0.05, 0) is 29.4 Å². The predicted octanol–water partition coefficient (Wildman–Crippen LogP) is 3.49. The standard InChI is InChI=1S/C12H17BrOS/c1-9(2)15-8-12(14)7-10-4-3-5-11(13)6-10/h3-6,9,12,14H,7-8H2,1-2H3. The summed E-state index contributed by atoms with van der Waals surface area (Å²) in [6.45, 7) is 4.30. The topological polar surface area (TPSA) is 20.2 Å². The third kappa shape index (κ3) is 5.59. The minimum absolute atomic E-state index is 0.244. The van der Waals surface area contributed by atoms with E-state index in [-0.39, 0.29) is 6.10 Å². The number of benzene rings is 1. The quantitative estimate of drug-likeness (QED) is 0.895. The maximum atomic E-state index is 9.81. The highest BCUT2D eigenvalue weighted by Crippen LogP contribution is 2.16. The van der Waals surface area contributed by atoms with Crippen molar-refractivity contribution in [2.45, 2.75) is 31.6 Å². The van der Waals surface area contributed by atoms with E-state index in [0.29, 0.717) is 5.25 Å². The number of halogens is 1. The van der Waals surface area contributed by atoms with Crippen LogP contribution in [0.5, 0.6) is 0 Å². The van der Waals surface area contributed by atoms with E-state index >= 15 is 0 Å². The Hall–Kier alpha value is 0.01000. The molecule has 0 amide bonds. The lowest BCUT2D eigenvalue weighted by molar-refractivity contribution is 0.200. The van der Waals surface area contributed by atoms with Gasteiger partial charge in [-0.25, -0.2) is 0 Å². The second kappa shape index (κ2) is 6.56. The molecule has 1 rings (SSSR count). The molecule has 15 heavy (non-hydrogen) atoms. The van der Waals surface area contributed by atoms with Crippen molar-refractivity contribution in [3.8, 4) is 0 Å². The van der Waals surface area contributed by atoms with Crippen LogP contribution in [0.3, 0.4) is 0 Å². The second-order valence-corrected chi connectivity index (χ2v) is 6.40. The lowest BCUT2D eigenvalue weighted by atomic mass is 10.1. The summed E-state index contributed by atoms with van der Waals surface area (Å²) in [5, 5.41) is 10.4. The largest absolute Gasteiger partial charge is 0.392 e. The maximum absolute atomic E-state index is 9.81. The number of aliphatic hydroxyl groups is 1. The number of thioether (sulfide) groups is 1. The Morgan fingerprint density at radius 3 is 2.73 bits per heavy atom. The summed E-state index contributed by atoms with van der Waals surface area (Å²) in [6.07, 6.45) is 0.491. The lowest BCUT2D eigenvalue weighted by Gasteiger charge is -2.12. The van der Waals surface area contributed by atoms with Crippen molar-refractivity contribution in [2.75, 3.05) is 5.75 Å². The van der Waals surface area contributed by atoms with Gasteiger partial charge < -0.3 is 5.11 Å². The minimum atomic E-state index is -0.244. The van der Waals surface area contributed by atoms with E-state index in [0.717, 1.165) is 16.6 Å². The molecule has 0 aromatic heterocycles. The fourth-order valence-corrected chi connectivity index (χ4v) is 2.47. The summed E-state index contributed by atoms with van der Waals surface area (Å²) >= 11 is 5.23. The predicted molar refractivity (Wildman–Crippen MR) is 71.4 cm³/mol. The van der Waals surface area contributed by atoms with Gasteiger partial charge in [-0.2, -0.15) is 11.8 Å². The molecule has 0 spiro atoms. The van der Waals surface area contributed by atoms with Crippen LogP contribution in [0.1, 0.15) is 19.4 Å². The van der Waals surface area contributed by atoms with Crippen LogP contribution in [0, 0.1) is 0 Å². The molecule has 1 atom stereocenters. The van der Waals surface area contributed by atoms with Crippen LogP contribution in [0.4, 0.5) is 0 Å². The molecule has 1 N–H and O–H groups in total. The molecule has 0 heterocycles. The first-order valence-electron chi connectivity index (χ1n) is 5.12. The molecule has 0 aliphatic heterocycles. The second-order valence-electron chi connectivity index (χ2n) is 3.87. The smallest absolute Gasteiger partial charge is 0.0670 e. The van der Waals surface area contributed by atoms with E-state index in [1.165, 1.54) is 5.56 Å². The summed E-state index contributed by atoms with van der Waals surface area (Å²) in [4.78, 5) is 0. The molecule has 1 unspecified atom stereocenters. The molecule has 0 saturated carbocycles.